The Labute approximate surface area is 105 Å². The number of hydrogen-bond acceptors (Lipinski definition) is 2. The molecule has 1 aromatic rings. The summed E-state index contributed by atoms with van der Waals surface area (Å²) >= 11 is 0. The average molecular weight is 257 g/mol. The van der Waals surface area contributed by atoms with Crippen molar-refractivity contribution in [2.45, 2.75) is 26.2 Å². The molecular formula is C13H17F2NO2. The van der Waals surface area contributed by atoms with Crippen molar-refractivity contribution in [2.75, 3.05) is 18.0 Å². The van der Waals surface area contributed by atoms with Gasteiger partial charge in [-0.15, -0.1) is 0 Å². The normalized spacial score (nSPS) is 10.4. The van der Waals surface area contributed by atoms with E-state index in [0.29, 0.717) is 25.2 Å². The third-order valence-corrected chi connectivity index (χ3v) is 2.56. The van der Waals surface area contributed by atoms with Crippen LogP contribution in [0.15, 0.2) is 18.2 Å². The molecule has 0 atom stereocenters. The number of rotatable bonds is 7. The Hall–Kier alpha value is -1.65. The van der Waals surface area contributed by atoms with Crippen LogP contribution in [0.1, 0.15) is 26.2 Å². The summed E-state index contributed by atoms with van der Waals surface area (Å²) in [4.78, 5) is 12.2. The summed E-state index contributed by atoms with van der Waals surface area (Å²) in [5.41, 5.74) is 0.323. The summed E-state index contributed by atoms with van der Waals surface area (Å²) in [6, 6.07) is 3.44. The summed E-state index contributed by atoms with van der Waals surface area (Å²) < 4.78 is 26.4. The van der Waals surface area contributed by atoms with Crippen molar-refractivity contribution >= 4 is 11.7 Å². The van der Waals surface area contributed by atoms with Gasteiger partial charge in [-0.3, -0.25) is 4.79 Å². The molecule has 100 valence electrons. The van der Waals surface area contributed by atoms with E-state index in [0.717, 1.165) is 12.5 Å². The van der Waals surface area contributed by atoms with E-state index in [4.69, 9.17) is 5.11 Å². The molecule has 0 aliphatic rings. The Balaban J connectivity index is 2.73. The van der Waals surface area contributed by atoms with Crippen molar-refractivity contribution in [3.05, 3.63) is 29.8 Å². The summed E-state index contributed by atoms with van der Waals surface area (Å²) in [6.45, 7) is 3.01. The Morgan fingerprint density at radius 3 is 2.61 bits per heavy atom. The van der Waals surface area contributed by atoms with Gasteiger partial charge in [0.2, 0.25) is 0 Å². The first-order chi connectivity index (χ1) is 8.54. The molecule has 0 spiro atoms. The predicted octanol–water partition coefficient (Wildman–Crippen LogP) is 3.05. The fraction of sp³-hybridized carbons (Fsp3) is 0.462. The summed E-state index contributed by atoms with van der Waals surface area (Å²) in [7, 11) is 0. The van der Waals surface area contributed by atoms with Crippen LogP contribution in [0.5, 0.6) is 0 Å². The number of carbonyl (C=O) groups is 1. The monoisotopic (exact) mass is 257 g/mol. The third kappa shape index (κ3) is 4.31. The Bertz CT molecular complexity index is 410. The number of carboxylic acids is 1. The first kappa shape index (κ1) is 14.4. The Morgan fingerprint density at radius 1 is 1.33 bits per heavy atom. The van der Waals surface area contributed by atoms with E-state index in [2.05, 4.69) is 0 Å². The van der Waals surface area contributed by atoms with Crippen LogP contribution in [0.25, 0.3) is 0 Å². The molecule has 0 fully saturated rings. The quantitative estimate of drug-likeness (QED) is 0.816. The Morgan fingerprint density at radius 2 is 2.06 bits per heavy atom. The van der Waals surface area contributed by atoms with Gasteiger partial charge < -0.3 is 10.0 Å². The summed E-state index contributed by atoms with van der Waals surface area (Å²) in [6.07, 6.45) is 1.29. The topological polar surface area (TPSA) is 40.5 Å². The maximum Gasteiger partial charge on any atom is 0.303 e. The number of hydrogen-bond donors (Lipinski definition) is 1. The largest absolute Gasteiger partial charge is 0.481 e. The fourth-order valence-electron chi connectivity index (χ4n) is 1.78. The molecule has 18 heavy (non-hydrogen) atoms. The maximum atomic E-state index is 13.6. The molecule has 0 aliphatic heterocycles. The van der Waals surface area contributed by atoms with Crippen LogP contribution >= 0.6 is 0 Å². The minimum absolute atomic E-state index is 0.0447. The molecule has 1 N–H and O–H groups in total. The molecule has 0 aliphatic carbocycles. The van der Waals surface area contributed by atoms with Crippen molar-refractivity contribution < 1.29 is 18.7 Å². The first-order valence-corrected chi connectivity index (χ1v) is 5.96. The molecule has 0 heterocycles. The standard InChI is InChI=1S/C13H17F2NO2/c1-2-7-16(8-3-4-13(17)18)12-6-5-10(14)9-11(12)15/h5-6,9H,2-4,7-8H2,1H3,(H,17,18). The zero-order chi connectivity index (χ0) is 13.5. The van der Waals surface area contributed by atoms with Crippen LogP contribution in [0.2, 0.25) is 0 Å². The van der Waals surface area contributed by atoms with E-state index < -0.39 is 17.6 Å². The van der Waals surface area contributed by atoms with Gasteiger partial charge in [0.05, 0.1) is 5.69 Å². The van der Waals surface area contributed by atoms with E-state index >= 15 is 0 Å². The molecule has 1 aromatic carbocycles. The molecule has 5 heteroatoms. The minimum Gasteiger partial charge on any atom is -0.481 e. The molecule has 0 bridgehead atoms. The lowest BCUT2D eigenvalue weighted by atomic mass is 10.2. The van der Waals surface area contributed by atoms with E-state index in [-0.39, 0.29) is 6.42 Å². The van der Waals surface area contributed by atoms with Gasteiger partial charge in [-0.2, -0.15) is 0 Å². The summed E-state index contributed by atoms with van der Waals surface area (Å²) in [5.74, 6) is -2.09. The van der Waals surface area contributed by atoms with Gasteiger partial charge in [-0.25, -0.2) is 8.78 Å². The molecule has 1 rings (SSSR count). The van der Waals surface area contributed by atoms with Gasteiger partial charge in [0.25, 0.3) is 0 Å². The van der Waals surface area contributed by atoms with Gasteiger partial charge in [-0.1, -0.05) is 6.92 Å². The smallest absolute Gasteiger partial charge is 0.303 e. The second kappa shape index (κ2) is 6.93. The minimum atomic E-state index is -0.869. The number of benzene rings is 1. The maximum absolute atomic E-state index is 13.6. The molecule has 0 saturated heterocycles. The van der Waals surface area contributed by atoms with Crippen molar-refractivity contribution in [1.82, 2.24) is 0 Å². The van der Waals surface area contributed by atoms with Gasteiger partial charge in [-0.05, 0) is 25.0 Å². The lowest BCUT2D eigenvalue weighted by Gasteiger charge is -2.24. The average Bonchev–Trinajstić information content (AvgIpc) is 2.28. The third-order valence-electron chi connectivity index (χ3n) is 2.56. The van der Waals surface area contributed by atoms with Gasteiger partial charge in [0.1, 0.15) is 11.6 Å². The van der Waals surface area contributed by atoms with E-state index in [1.54, 1.807) is 4.90 Å². The number of halogens is 2. The number of carboxylic acid groups (broad SMARTS) is 1. The number of anilines is 1. The van der Waals surface area contributed by atoms with Crippen LogP contribution in [-0.4, -0.2) is 24.2 Å². The van der Waals surface area contributed by atoms with Crippen LogP contribution in [0, 0.1) is 11.6 Å². The lowest BCUT2D eigenvalue weighted by molar-refractivity contribution is -0.137. The van der Waals surface area contributed by atoms with Crippen LogP contribution in [-0.2, 0) is 4.79 Å². The van der Waals surface area contributed by atoms with E-state index in [1.165, 1.54) is 12.1 Å². The molecular weight excluding hydrogens is 240 g/mol. The zero-order valence-electron chi connectivity index (χ0n) is 10.3. The molecule has 0 aromatic heterocycles. The predicted molar refractivity (Wildman–Crippen MR) is 65.7 cm³/mol. The molecule has 0 saturated carbocycles. The first-order valence-electron chi connectivity index (χ1n) is 5.96. The van der Waals surface area contributed by atoms with E-state index in [1.807, 2.05) is 6.92 Å². The van der Waals surface area contributed by atoms with Crippen LogP contribution in [0.4, 0.5) is 14.5 Å². The highest BCUT2D eigenvalue weighted by Crippen LogP contribution is 2.20. The van der Waals surface area contributed by atoms with Gasteiger partial charge >= 0.3 is 5.97 Å². The van der Waals surface area contributed by atoms with Crippen LogP contribution in [0.3, 0.4) is 0 Å². The highest BCUT2D eigenvalue weighted by Gasteiger charge is 2.12. The van der Waals surface area contributed by atoms with Gasteiger partial charge in [0, 0.05) is 25.6 Å². The molecule has 0 radical (unpaired) electrons. The SMILES string of the molecule is CCCN(CCCC(=O)O)c1ccc(F)cc1F. The van der Waals surface area contributed by atoms with E-state index in [9.17, 15) is 13.6 Å². The van der Waals surface area contributed by atoms with Gasteiger partial charge in [0.15, 0.2) is 0 Å². The van der Waals surface area contributed by atoms with Crippen molar-refractivity contribution in [3.63, 3.8) is 0 Å². The Kier molecular flexibility index (Phi) is 5.55. The molecule has 3 nitrogen and oxygen atoms in total. The van der Waals surface area contributed by atoms with Crippen molar-refractivity contribution in [2.24, 2.45) is 0 Å². The van der Waals surface area contributed by atoms with Crippen molar-refractivity contribution in [1.29, 1.82) is 0 Å². The number of nitrogens with zero attached hydrogens (tertiary/aromatic N) is 1. The second-order valence-electron chi connectivity index (χ2n) is 4.08. The molecule has 0 amide bonds. The number of aliphatic carboxylic acids is 1. The highest BCUT2D eigenvalue weighted by atomic mass is 19.1. The lowest BCUT2D eigenvalue weighted by Crippen LogP contribution is -2.26. The zero-order valence-corrected chi connectivity index (χ0v) is 10.3. The molecule has 0 unspecified atom stereocenters. The second-order valence-corrected chi connectivity index (χ2v) is 4.08. The fourth-order valence-corrected chi connectivity index (χ4v) is 1.78. The highest BCUT2D eigenvalue weighted by molar-refractivity contribution is 5.66. The van der Waals surface area contributed by atoms with Crippen LogP contribution < -0.4 is 4.90 Å². The van der Waals surface area contributed by atoms with Crippen molar-refractivity contribution in [3.8, 4) is 0 Å². The summed E-state index contributed by atoms with van der Waals surface area (Å²) in [5, 5.41) is 8.58.